The molecule has 1 N–H and O–H groups in total. The molecular formula is C11H11NO2S. The highest BCUT2D eigenvalue weighted by atomic mass is 32.2. The minimum atomic E-state index is 0.0222. The lowest BCUT2D eigenvalue weighted by atomic mass is 10.3. The van der Waals surface area contributed by atoms with Crippen molar-refractivity contribution in [1.82, 2.24) is 4.98 Å². The van der Waals surface area contributed by atoms with Crippen molar-refractivity contribution in [2.45, 2.75) is 17.4 Å². The molecule has 2 aromatic heterocycles. The van der Waals surface area contributed by atoms with E-state index in [0.29, 0.717) is 0 Å². The second kappa shape index (κ2) is 5.00. The molecule has 0 fully saturated rings. The van der Waals surface area contributed by atoms with Gasteiger partial charge in [0.2, 0.25) is 0 Å². The number of nitrogens with zero attached hydrogens (tertiary/aromatic N) is 1. The Balaban J connectivity index is 2.04. The summed E-state index contributed by atoms with van der Waals surface area (Å²) in [5, 5.41) is 9.96. The third-order valence-electron chi connectivity index (χ3n) is 1.95. The van der Waals surface area contributed by atoms with Gasteiger partial charge in [-0.25, -0.2) is 4.98 Å². The molecule has 0 radical (unpaired) electrons. The SMILES string of the molecule is OCc1cccnc1SCc1ccco1. The van der Waals surface area contributed by atoms with Gasteiger partial charge in [-0.3, -0.25) is 0 Å². The molecule has 0 saturated heterocycles. The summed E-state index contributed by atoms with van der Waals surface area (Å²) in [6.45, 7) is 0.0222. The van der Waals surface area contributed by atoms with Gasteiger partial charge in [0.25, 0.3) is 0 Å². The number of aliphatic hydroxyl groups is 1. The fourth-order valence-corrected chi connectivity index (χ4v) is 2.11. The van der Waals surface area contributed by atoms with Crippen LogP contribution in [0.5, 0.6) is 0 Å². The fourth-order valence-electron chi connectivity index (χ4n) is 1.21. The maximum Gasteiger partial charge on any atom is 0.114 e. The van der Waals surface area contributed by atoms with Crippen LogP contribution in [0.2, 0.25) is 0 Å². The maximum absolute atomic E-state index is 9.10. The van der Waals surface area contributed by atoms with E-state index < -0.39 is 0 Å². The lowest BCUT2D eigenvalue weighted by molar-refractivity contribution is 0.278. The topological polar surface area (TPSA) is 46.3 Å². The fraction of sp³-hybridized carbons (Fsp3) is 0.182. The molecular weight excluding hydrogens is 210 g/mol. The molecule has 0 bridgehead atoms. The van der Waals surface area contributed by atoms with Crippen molar-refractivity contribution in [2.24, 2.45) is 0 Å². The van der Waals surface area contributed by atoms with Gasteiger partial charge in [-0.05, 0) is 18.2 Å². The highest BCUT2D eigenvalue weighted by Gasteiger charge is 2.04. The number of rotatable bonds is 4. The largest absolute Gasteiger partial charge is 0.468 e. The standard InChI is InChI=1S/C11H11NO2S/c13-7-9-3-1-5-12-11(9)15-8-10-4-2-6-14-10/h1-6,13H,7-8H2. The monoisotopic (exact) mass is 221 g/mol. The van der Waals surface area contributed by atoms with E-state index >= 15 is 0 Å². The van der Waals surface area contributed by atoms with Crippen LogP contribution in [0.3, 0.4) is 0 Å². The quantitative estimate of drug-likeness (QED) is 0.805. The molecule has 0 spiro atoms. The molecule has 0 aromatic carbocycles. The van der Waals surface area contributed by atoms with E-state index in [0.717, 1.165) is 22.1 Å². The first-order valence-corrected chi connectivity index (χ1v) is 5.58. The van der Waals surface area contributed by atoms with Crippen LogP contribution < -0.4 is 0 Å². The molecule has 15 heavy (non-hydrogen) atoms. The van der Waals surface area contributed by atoms with Crippen LogP contribution in [0.1, 0.15) is 11.3 Å². The zero-order valence-electron chi connectivity index (χ0n) is 8.09. The maximum atomic E-state index is 9.10. The van der Waals surface area contributed by atoms with Crippen LogP contribution in [0.4, 0.5) is 0 Å². The number of aliphatic hydroxyl groups excluding tert-OH is 1. The zero-order chi connectivity index (χ0) is 10.5. The molecule has 0 aliphatic heterocycles. The first-order valence-electron chi connectivity index (χ1n) is 4.60. The molecule has 2 rings (SSSR count). The second-order valence-corrected chi connectivity index (χ2v) is 3.96. The minimum Gasteiger partial charge on any atom is -0.468 e. The van der Waals surface area contributed by atoms with Crippen LogP contribution in [-0.4, -0.2) is 10.1 Å². The lowest BCUT2D eigenvalue weighted by Crippen LogP contribution is -1.90. The molecule has 2 aromatic rings. The normalized spacial score (nSPS) is 10.5. The van der Waals surface area contributed by atoms with E-state index in [1.165, 1.54) is 0 Å². The predicted octanol–water partition coefficient (Wildman–Crippen LogP) is 2.46. The third kappa shape index (κ3) is 2.61. The number of furan rings is 1. The Bertz CT molecular complexity index is 414. The van der Waals surface area contributed by atoms with Gasteiger partial charge in [-0.2, -0.15) is 0 Å². The van der Waals surface area contributed by atoms with Crippen LogP contribution in [-0.2, 0) is 12.4 Å². The Morgan fingerprint density at radius 3 is 3.00 bits per heavy atom. The summed E-state index contributed by atoms with van der Waals surface area (Å²) in [4.78, 5) is 4.21. The van der Waals surface area contributed by atoms with Gasteiger partial charge in [0, 0.05) is 11.8 Å². The number of thioether (sulfide) groups is 1. The predicted molar refractivity (Wildman–Crippen MR) is 58.4 cm³/mol. The number of hydrogen-bond donors (Lipinski definition) is 1. The smallest absolute Gasteiger partial charge is 0.114 e. The molecule has 0 saturated carbocycles. The van der Waals surface area contributed by atoms with Crippen LogP contribution >= 0.6 is 11.8 Å². The van der Waals surface area contributed by atoms with Crippen molar-refractivity contribution in [1.29, 1.82) is 0 Å². The Morgan fingerprint density at radius 1 is 1.33 bits per heavy atom. The highest BCUT2D eigenvalue weighted by molar-refractivity contribution is 7.98. The Labute approximate surface area is 92.1 Å². The van der Waals surface area contributed by atoms with Crippen molar-refractivity contribution < 1.29 is 9.52 Å². The van der Waals surface area contributed by atoms with Crippen molar-refractivity contribution >= 4 is 11.8 Å². The van der Waals surface area contributed by atoms with Crippen LogP contribution in [0.25, 0.3) is 0 Å². The Hall–Kier alpha value is -1.26. The number of pyridine rings is 1. The minimum absolute atomic E-state index is 0.0222. The van der Waals surface area contributed by atoms with Gasteiger partial charge in [0.15, 0.2) is 0 Å². The molecule has 0 aliphatic rings. The van der Waals surface area contributed by atoms with Gasteiger partial charge in [0.1, 0.15) is 10.8 Å². The number of hydrogen-bond acceptors (Lipinski definition) is 4. The molecule has 0 aliphatic carbocycles. The molecule has 0 amide bonds. The Morgan fingerprint density at radius 2 is 2.27 bits per heavy atom. The van der Waals surface area contributed by atoms with Gasteiger partial charge < -0.3 is 9.52 Å². The third-order valence-corrected chi connectivity index (χ3v) is 3.02. The summed E-state index contributed by atoms with van der Waals surface area (Å²) < 4.78 is 5.22. The van der Waals surface area contributed by atoms with Gasteiger partial charge in [-0.15, -0.1) is 0 Å². The van der Waals surface area contributed by atoms with Crippen molar-refractivity contribution in [3.05, 3.63) is 48.0 Å². The van der Waals surface area contributed by atoms with Crippen molar-refractivity contribution in [3.63, 3.8) is 0 Å². The van der Waals surface area contributed by atoms with Gasteiger partial charge >= 0.3 is 0 Å². The molecule has 0 atom stereocenters. The summed E-state index contributed by atoms with van der Waals surface area (Å²) in [6.07, 6.45) is 3.38. The van der Waals surface area contributed by atoms with Crippen molar-refractivity contribution in [3.8, 4) is 0 Å². The summed E-state index contributed by atoms with van der Waals surface area (Å²) in [5.41, 5.74) is 0.856. The number of aromatic nitrogens is 1. The molecule has 78 valence electrons. The van der Waals surface area contributed by atoms with E-state index in [1.807, 2.05) is 24.3 Å². The zero-order valence-corrected chi connectivity index (χ0v) is 8.91. The van der Waals surface area contributed by atoms with Crippen LogP contribution in [0.15, 0.2) is 46.2 Å². The summed E-state index contributed by atoms with van der Waals surface area (Å²) in [7, 11) is 0. The molecule has 4 heteroatoms. The van der Waals surface area contributed by atoms with Gasteiger partial charge in [0.05, 0.1) is 18.6 Å². The molecule has 3 nitrogen and oxygen atoms in total. The first kappa shape index (κ1) is 10.3. The van der Waals surface area contributed by atoms with E-state index in [2.05, 4.69) is 4.98 Å². The Kier molecular flexibility index (Phi) is 3.42. The summed E-state index contributed by atoms with van der Waals surface area (Å²) in [6, 6.07) is 7.48. The summed E-state index contributed by atoms with van der Waals surface area (Å²) >= 11 is 1.56. The molecule has 2 heterocycles. The van der Waals surface area contributed by atoms with E-state index in [9.17, 15) is 0 Å². The van der Waals surface area contributed by atoms with Gasteiger partial charge in [-0.1, -0.05) is 17.8 Å². The van der Waals surface area contributed by atoms with E-state index in [4.69, 9.17) is 9.52 Å². The average molecular weight is 221 g/mol. The van der Waals surface area contributed by atoms with Crippen LogP contribution in [0, 0.1) is 0 Å². The van der Waals surface area contributed by atoms with Crippen molar-refractivity contribution in [2.75, 3.05) is 0 Å². The lowest BCUT2D eigenvalue weighted by Gasteiger charge is -2.03. The second-order valence-electron chi connectivity index (χ2n) is 2.99. The highest BCUT2D eigenvalue weighted by Crippen LogP contribution is 2.24. The van der Waals surface area contributed by atoms with E-state index in [1.54, 1.807) is 24.2 Å². The summed E-state index contributed by atoms with van der Waals surface area (Å²) in [5.74, 6) is 1.64. The molecule has 0 unspecified atom stereocenters. The van der Waals surface area contributed by atoms with E-state index in [-0.39, 0.29) is 6.61 Å². The average Bonchev–Trinajstić information content (AvgIpc) is 2.79. The first-order chi connectivity index (χ1) is 7.40.